The maximum Gasteiger partial charge on any atom is 0.230 e. The number of ether oxygens (including phenoxy) is 1. The highest BCUT2D eigenvalue weighted by molar-refractivity contribution is 5.85. The summed E-state index contributed by atoms with van der Waals surface area (Å²) in [7, 11) is 0. The summed E-state index contributed by atoms with van der Waals surface area (Å²) in [5.41, 5.74) is 2.38. The van der Waals surface area contributed by atoms with Crippen molar-refractivity contribution in [2.45, 2.75) is 18.9 Å². The summed E-state index contributed by atoms with van der Waals surface area (Å²) >= 11 is 0. The van der Waals surface area contributed by atoms with Gasteiger partial charge in [-0.15, -0.1) is 0 Å². The molecule has 0 aliphatic carbocycles. The predicted octanol–water partition coefficient (Wildman–Crippen LogP) is 2.90. The van der Waals surface area contributed by atoms with Crippen molar-refractivity contribution >= 4 is 5.91 Å². The van der Waals surface area contributed by atoms with Crippen LogP contribution >= 0.6 is 0 Å². The molecule has 1 unspecified atom stereocenters. The standard InChI is InChI=1S/C21H24N2O2/c24-21(19-10-15-25-20-9-5-4-8-18(19)20)23-13-11-22(12-14-23)16-17-6-2-1-3-7-17/h1-9,19H,10-16H2. The Bertz CT molecular complexity index is 724. The Labute approximate surface area is 149 Å². The summed E-state index contributed by atoms with van der Waals surface area (Å²) in [6, 6.07) is 18.5. The van der Waals surface area contributed by atoms with Gasteiger partial charge < -0.3 is 9.64 Å². The third-order valence-corrected chi connectivity index (χ3v) is 5.19. The van der Waals surface area contributed by atoms with Crippen molar-refractivity contribution in [3.8, 4) is 5.75 Å². The average Bonchev–Trinajstić information content (AvgIpc) is 2.68. The number of nitrogens with zero attached hydrogens (tertiary/aromatic N) is 2. The monoisotopic (exact) mass is 336 g/mol. The summed E-state index contributed by atoms with van der Waals surface area (Å²) in [4.78, 5) is 17.5. The molecule has 2 aromatic rings. The number of piperazine rings is 1. The molecule has 0 aromatic heterocycles. The maximum absolute atomic E-state index is 13.0. The molecule has 4 heteroatoms. The van der Waals surface area contributed by atoms with Gasteiger partial charge in [0, 0.05) is 38.3 Å². The van der Waals surface area contributed by atoms with Crippen LogP contribution in [0.2, 0.25) is 0 Å². The maximum atomic E-state index is 13.0. The molecule has 1 saturated heterocycles. The van der Waals surface area contributed by atoms with E-state index in [9.17, 15) is 4.79 Å². The Morgan fingerprint density at radius 1 is 0.960 bits per heavy atom. The highest BCUT2D eigenvalue weighted by Gasteiger charge is 2.32. The first kappa shape index (κ1) is 16.2. The van der Waals surface area contributed by atoms with Crippen molar-refractivity contribution in [3.05, 3.63) is 65.7 Å². The number of benzene rings is 2. The van der Waals surface area contributed by atoms with Crippen molar-refractivity contribution in [1.82, 2.24) is 9.80 Å². The molecule has 1 atom stereocenters. The van der Waals surface area contributed by atoms with Crippen LogP contribution in [0.4, 0.5) is 0 Å². The second-order valence-electron chi connectivity index (χ2n) is 6.81. The van der Waals surface area contributed by atoms with Crippen LogP contribution in [0, 0.1) is 0 Å². The number of hydrogen-bond acceptors (Lipinski definition) is 3. The third kappa shape index (κ3) is 3.54. The molecule has 4 rings (SSSR count). The van der Waals surface area contributed by atoms with Crippen molar-refractivity contribution in [2.75, 3.05) is 32.8 Å². The minimum Gasteiger partial charge on any atom is -0.493 e. The number of hydrogen-bond donors (Lipinski definition) is 0. The van der Waals surface area contributed by atoms with Gasteiger partial charge in [-0.05, 0) is 18.1 Å². The van der Waals surface area contributed by atoms with Crippen LogP contribution in [0.3, 0.4) is 0 Å². The van der Waals surface area contributed by atoms with Crippen LogP contribution in [0.5, 0.6) is 5.75 Å². The largest absolute Gasteiger partial charge is 0.493 e. The number of amides is 1. The zero-order chi connectivity index (χ0) is 17.1. The molecule has 1 amide bonds. The normalized spacial score (nSPS) is 20.6. The highest BCUT2D eigenvalue weighted by atomic mass is 16.5. The zero-order valence-corrected chi connectivity index (χ0v) is 14.4. The topological polar surface area (TPSA) is 32.8 Å². The minimum atomic E-state index is -0.0503. The minimum absolute atomic E-state index is 0.0503. The molecule has 130 valence electrons. The fourth-order valence-electron chi connectivity index (χ4n) is 3.79. The van der Waals surface area contributed by atoms with Gasteiger partial charge >= 0.3 is 0 Å². The van der Waals surface area contributed by atoms with E-state index in [0.717, 1.165) is 50.5 Å². The van der Waals surface area contributed by atoms with E-state index >= 15 is 0 Å². The lowest BCUT2D eigenvalue weighted by atomic mass is 9.91. The zero-order valence-electron chi connectivity index (χ0n) is 14.4. The summed E-state index contributed by atoms with van der Waals surface area (Å²) in [5, 5.41) is 0. The molecule has 2 aliphatic heterocycles. The molecule has 0 spiro atoms. The van der Waals surface area contributed by atoms with Crippen molar-refractivity contribution in [1.29, 1.82) is 0 Å². The summed E-state index contributed by atoms with van der Waals surface area (Å²) in [6.07, 6.45) is 0.778. The first-order valence-electron chi connectivity index (χ1n) is 9.08. The van der Waals surface area contributed by atoms with Crippen molar-refractivity contribution in [2.24, 2.45) is 0 Å². The first-order chi connectivity index (χ1) is 12.3. The van der Waals surface area contributed by atoms with E-state index in [1.807, 2.05) is 35.2 Å². The lowest BCUT2D eigenvalue weighted by molar-refractivity contribution is -0.135. The lowest BCUT2D eigenvalue weighted by Crippen LogP contribution is -2.50. The highest BCUT2D eigenvalue weighted by Crippen LogP contribution is 2.34. The number of carbonyl (C=O) groups is 1. The Hall–Kier alpha value is -2.33. The van der Waals surface area contributed by atoms with Gasteiger partial charge in [-0.2, -0.15) is 0 Å². The second-order valence-corrected chi connectivity index (χ2v) is 6.81. The molecule has 25 heavy (non-hydrogen) atoms. The van der Waals surface area contributed by atoms with Gasteiger partial charge in [-0.1, -0.05) is 48.5 Å². The molecule has 1 fully saturated rings. The third-order valence-electron chi connectivity index (χ3n) is 5.19. The quantitative estimate of drug-likeness (QED) is 0.864. The van der Waals surface area contributed by atoms with Crippen molar-refractivity contribution < 1.29 is 9.53 Å². The Balaban J connectivity index is 1.37. The van der Waals surface area contributed by atoms with E-state index in [-0.39, 0.29) is 11.8 Å². The van der Waals surface area contributed by atoms with Gasteiger partial charge in [-0.3, -0.25) is 9.69 Å². The summed E-state index contributed by atoms with van der Waals surface area (Å²) in [6.45, 7) is 5.08. The molecule has 0 N–H and O–H groups in total. The lowest BCUT2D eigenvalue weighted by Gasteiger charge is -2.37. The van der Waals surface area contributed by atoms with Gasteiger partial charge in [0.05, 0.1) is 12.5 Å². The predicted molar refractivity (Wildman–Crippen MR) is 97.6 cm³/mol. The van der Waals surface area contributed by atoms with E-state index in [4.69, 9.17) is 4.74 Å². The molecule has 0 bridgehead atoms. The smallest absolute Gasteiger partial charge is 0.230 e. The van der Waals surface area contributed by atoms with Gasteiger partial charge in [-0.25, -0.2) is 0 Å². The van der Waals surface area contributed by atoms with Crippen molar-refractivity contribution in [3.63, 3.8) is 0 Å². The van der Waals surface area contributed by atoms with E-state index < -0.39 is 0 Å². The Morgan fingerprint density at radius 3 is 2.48 bits per heavy atom. The molecule has 0 saturated carbocycles. The fraction of sp³-hybridized carbons (Fsp3) is 0.381. The SMILES string of the molecule is O=C(C1CCOc2ccccc21)N1CCN(Cc2ccccc2)CC1. The van der Waals surface area contributed by atoms with E-state index in [1.165, 1.54) is 5.56 Å². The van der Waals surface area contributed by atoms with Gasteiger partial charge in [0.1, 0.15) is 5.75 Å². The van der Waals surface area contributed by atoms with Crippen LogP contribution < -0.4 is 4.74 Å². The van der Waals surface area contributed by atoms with Crippen LogP contribution in [-0.2, 0) is 11.3 Å². The Morgan fingerprint density at radius 2 is 1.68 bits per heavy atom. The molecule has 4 nitrogen and oxygen atoms in total. The summed E-state index contributed by atoms with van der Waals surface area (Å²) in [5.74, 6) is 1.08. The molecule has 2 heterocycles. The van der Waals surface area contributed by atoms with Crippen LogP contribution in [-0.4, -0.2) is 48.5 Å². The van der Waals surface area contributed by atoms with Crippen LogP contribution in [0.15, 0.2) is 54.6 Å². The van der Waals surface area contributed by atoms with Gasteiger partial charge in [0.2, 0.25) is 5.91 Å². The average molecular weight is 336 g/mol. The Kier molecular flexibility index (Phi) is 4.70. The number of rotatable bonds is 3. The van der Waals surface area contributed by atoms with Gasteiger partial charge in [0.15, 0.2) is 0 Å². The van der Waals surface area contributed by atoms with Gasteiger partial charge in [0.25, 0.3) is 0 Å². The second kappa shape index (κ2) is 7.28. The van der Waals surface area contributed by atoms with Crippen LogP contribution in [0.1, 0.15) is 23.5 Å². The number of para-hydroxylation sites is 1. The molecule has 2 aliphatic rings. The molecular weight excluding hydrogens is 312 g/mol. The van der Waals surface area contributed by atoms with E-state index in [1.54, 1.807) is 0 Å². The molecule has 2 aromatic carbocycles. The molecular formula is C21H24N2O2. The number of fused-ring (bicyclic) bond motifs is 1. The van der Waals surface area contributed by atoms with E-state index in [2.05, 4.69) is 29.2 Å². The fourth-order valence-corrected chi connectivity index (χ4v) is 3.79. The number of carbonyl (C=O) groups excluding carboxylic acids is 1. The first-order valence-corrected chi connectivity index (χ1v) is 9.08. The van der Waals surface area contributed by atoms with E-state index in [0.29, 0.717) is 6.61 Å². The molecule has 0 radical (unpaired) electrons. The van der Waals surface area contributed by atoms with Crippen LogP contribution in [0.25, 0.3) is 0 Å². The summed E-state index contributed by atoms with van der Waals surface area (Å²) < 4.78 is 5.70.